The molecular formula is C24H39NO4. The van der Waals surface area contributed by atoms with Crippen molar-refractivity contribution in [2.45, 2.75) is 58.3 Å². The zero-order chi connectivity index (χ0) is 21.8. The molecule has 0 aliphatic carbocycles. The van der Waals surface area contributed by atoms with E-state index in [9.17, 15) is 10.1 Å². The molecule has 0 aromatic carbocycles. The lowest BCUT2D eigenvalue weighted by atomic mass is 9.74. The van der Waals surface area contributed by atoms with E-state index >= 15 is 0 Å². The Labute approximate surface area is 177 Å². The minimum Gasteiger partial charge on any atom is -0.505 e. The van der Waals surface area contributed by atoms with Crippen LogP contribution in [-0.4, -0.2) is 40.8 Å². The summed E-state index contributed by atoms with van der Waals surface area (Å²) in [5, 5.41) is 9.96. The van der Waals surface area contributed by atoms with Crippen molar-refractivity contribution in [1.29, 1.82) is 5.26 Å². The van der Waals surface area contributed by atoms with Crippen LogP contribution in [0, 0.1) is 22.7 Å². The maximum atomic E-state index is 11.2. The summed E-state index contributed by atoms with van der Waals surface area (Å²) in [5.74, 6) is 0.0599. The molecule has 0 aliphatic heterocycles. The lowest BCUT2D eigenvalue weighted by Gasteiger charge is -2.27. The molecule has 2 unspecified atom stereocenters. The van der Waals surface area contributed by atoms with E-state index < -0.39 is 5.41 Å². The summed E-state index contributed by atoms with van der Waals surface area (Å²) in [6, 6.07) is 2.57. The Morgan fingerprint density at radius 3 is 2.38 bits per heavy atom. The molecule has 2 atom stereocenters. The average molecular weight is 406 g/mol. The van der Waals surface area contributed by atoms with Gasteiger partial charge in [0.2, 0.25) is 0 Å². The van der Waals surface area contributed by atoms with Gasteiger partial charge in [0.15, 0.2) is 0 Å². The lowest BCUT2D eigenvalue weighted by Crippen LogP contribution is -2.20. The van der Waals surface area contributed by atoms with Crippen LogP contribution in [0.4, 0.5) is 0 Å². The van der Waals surface area contributed by atoms with E-state index in [1.165, 1.54) is 0 Å². The Morgan fingerprint density at radius 1 is 1.07 bits per heavy atom. The standard InChI is InChI=1S/C24H39NO4/c1-5-24(21-25,23(15-19-29-4)14-11-18-28-3)16-9-7-6-8-12-22(20-26)13-10-17-27-2/h10-11,14-15,17,20,22H,5-9,12-13,16,18-19H2,1-4H3/b14-11-,17-10+,23-15+. The molecule has 0 aliphatic rings. The fraction of sp³-hybridized carbons (Fsp3) is 0.667. The summed E-state index contributed by atoms with van der Waals surface area (Å²) in [7, 11) is 4.92. The molecule has 0 aromatic heterocycles. The van der Waals surface area contributed by atoms with Crippen LogP contribution in [0.15, 0.2) is 36.1 Å². The molecule has 0 spiro atoms. The fourth-order valence-corrected chi connectivity index (χ4v) is 3.35. The van der Waals surface area contributed by atoms with Gasteiger partial charge in [-0.15, -0.1) is 0 Å². The summed E-state index contributed by atoms with van der Waals surface area (Å²) in [4.78, 5) is 11.2. The topological polar surface area (TPSA) is 68.6 Å². The van der Waals surface area contributed by atoms with E-state index in [-0.39, 0.29) is 5.92 Å². The highest BCUT2D eigenvalue weighted by atomic mass is 16.5. The summed E-state index contributed by atoms with van der Waals surface area (Å²) >= 11 is 0. The molecule has 5 nitrogen and oxygen atoms in total. The van der Waals surface area contributed by atoms with Gasteiger partial charge in [0.1, 0.15) is 6.29 Å². The van der Waals surface area contributed by atoms with E-state index in [0.29, 0.717) is 13.2 Å². The molecule has 0 bridgehead atoms. The summed E-state index contributed by atoms with van der Waals surface area (Å²) in [6.45, 7) is 3.07. The number of allylic oxidation sites excluding steroid dienone is 3. The van der Waals surface area contributed by atoms with Gasteiger partial charge in [-0.05, 0) is 37.3 Å². The minimum absolute atomic E-state index is 0.0599. The smallest absolute Gasteiger partial charge is 0.123 e. The second-order valence-electron chi connectivity index (χ2n) is 7.21. The van der Waals surface area contributed by atoms with E-state index in [1.807, 2.05) is 24.3 Å². The lowest BCUT2D eigenvalue weighted by molar-refractivity contribution is -0.111. The van der Waals surface area contributed by atoms with Crippen molar-refractivity contribution in [3.05, 3.63) is 36.1 Å². The highest BCUT2D eigenvalue weighted by Crippen LogP contribution is 2.37. The van der Waals surface area contributed by atoms with Crippen LogP contribution in [0.5, 0.6) is 0 Å². The molecule has 0 heterocycles. The number of hydrogen-bond donors (Lipinski definition) is 0. The predicted molar refractivity (Wildman–Crippen MR) is 117 cm³/mol. The van der Waals surface area contributed by atoms with Gasteiger partial charge in [-0.2, -0.15) is 5.26 Å². The highest BCUT2D eigenvalue weighted by molar-refractivity contribution is 5.53. The summed E-state index contributed by atoms with van der Waals surface area (Å²) < 4.78 is 15.2. The van der Waals surface area contributed by atoms with Crippen molar-refractivity contribution in [3.8, 4) is 6.07 Å². The minimum atomic E-state index is -0.501. The van der Waals surface area contributed by atoms with Crippen molar-refractivity contribution in [2.75, 3.05) is 34.5 Å². The maximum absolute atomic E-state index is 11.2. The number of rotatable bonds is 18. The Kier molecular flexibility index (Phi) is 17.0. The van der Waals surface area contributed by atoms with Gasteiger partial charge in [0.25, 0.3) is 0 Å². The van der Waals surface area contributed by atoms with Crippen LogP contribution < -0.4 is 0 Å². The number of aldehydes is 1. The first-order valence-electron chi connectivity index (χ1n) is 10.5. The predicted octanol–water partition coefficient (Wildman–Crippen LogP) is 5.39. The molecule has 0 saturated heterocycles. The Balaban J connectivity index is 4.65. The Hall–Kier alpha value is -1.90. The fourth-order valence-electron chi connectivity index (χ4n) is 3.35. The van der Waals surface area contributed by atoms with Crippen LogP contribution in [0.2, 0.25) is 0 Å². The van der Waals surface area contributed by atoms with Crippen molar-refractivity contribution < 1.29 is 19.0 Å². The summed E-state index contributed by atoms with van der Waals surface area (Å²) in [5.41, 5.74) is 0.506. The third kappa shape index (κ3) is 11.6. The molecule has 29 heavy (non-hydrogen) atoms. The Bertz CT molecular complexity index is 548. The van der Waals surface area contributed by atoms with Crippen LogP contribution in [0.1, 0.15) is 58.3 Å². The first-order chi connectivity index (χ1) is 14.1. The van der Waals surface area contributed by atoms with Crippen molar-refractivity contribution in [3.63, 3.8) is 0 Å². The van der Waals surface area contributed by atoms with E-state index in [2.05, 4.69) is 13.0 Å². The largest absolute Gasteiger partial charge is 0.505 e. The van der Waals surface area contributed by atoms with Gasteiger partial charge < -0.3 is 19.0 Å². The number of nitrogens with zero attached hydrogens (tertiary/aromatic N) is 1. The van der Waals surface area contributed by atoms with Gasteiger partial charge in [-0.25, -0.2) is 0 Å². The molecule has 0 rings (SSSR count). The molecule has 0 fully saturated rings. The molecule has 0 aromatic rings. The van der Waals surface area contributed by atoms with Crippen molar-refractivity contribution in [1.82, 2.24) is 0 Å². The second-order valence-corrected chi connectivity index (χ2v) is 7.21. The Morgan fingerprint density at radius 2 is 1.79 bits per heavy atom. The number of nitriles is 1. The number of hydrogen-bond acceptors (Lipinski definition) is 5. The van der Waals surface area contributed by atoms with Crippen LogP contribution in [0.25, 0.3) is 0 Å². The first kappa shape index (κ1) is 27.1. The SMILES string of the molecule is CCC(C#N)(CCCCCCC(C=O)C/C=C/OC)C(/C=C\COC)=C/COC. The monoisotopic (exact) mass is 405 g/mol. The van der Waals surface area contributed by atoms with Gasteiger partial charge in [-0.1, -0.05) is 50.8 Å². The first-order valence-corrected chi connectivity index (χ1v) is 10.5. The second kappa shape index (κ2) is 18.1. The number of methoxy groups -OCH3 is 3. The van der Waals surface area contributed by atoms with E-state index in [1.54, 1.807) is 27.6 Å². The van der Waals surface area contributed by atoms with Crippen molar-refractivity contribution >= 4 is 6.29 Å². The zero-order valence-electron chi connectivity index (χ0n) is 18.7. The third-order valence-electron chi connectivity index (χ3n) is 5.19. The van der Waals surface area contributed by atoms with Crippen LogP contribution in [0.3, 0.4) is 0 Å². The number of unbranched alkanes of at least 4 members (excludes halogenated alkanes) is 3. The van der Waals surface area contributed by atoms with Crippen LogP contribution in [-0.2, 0) is 19.0 Å². The number of carbonyl (C=O) groups is 1. The molecular weight excluding hydrogens is 366 g/mol. The number of ether oxygens (including phenoxy) is 3. The molecule has 0 N–H and O–H groups in total. The van der Waals surface area contributed by atoms with E-state index in [4.69, 9.17) is 14.2 Å². The number of carbonyl (C=O) groups excluding carboxylic acids is 1. The summed E-state index contributed by atoms with van der Waals surface area (Å²) in [6.07, 6.45) is 17.8. The molecule has 0 saturated carbocycles. The van der Waals surface area contributed by atoms with Gasteiger partial charge >= 0.3 is 0 Å². The normalized spacial score (nSPS) is 15.3. The third-order valence-corrected chi connectivity index (χ3v) is 5.19. The van der Waals surface area contributed by atoms with Crippen LogP contribution >= 0.6 is 0 Å². The molecule has 0 amide bonds. The van der Waals surface area contributed by atoms with Crippen molar-refractivity contribution in [2.24, 2.45) is 11.3 Å². The highest BCUT2D eigenvalue weighted by Gasteiger charge is 2.30. The molecule has 5 heteroatoms. The quantitative estimate of drug-likeness (QED) is 0.132. The van der Waals surface area contributed by atoms with Gasteiger partial charge in [0, 0.05) is 20.1 Å². The van der Waals surface area contributed by atoms with E-state index in [0.717, 1.165) is 63.2 Å². The maximum Gasteiger partial charge on any atom is 0.123 e. The van der Waals surface area contributed by atoms with Gasteiger partial charge in [0.05, 0.1) is 38.1 Å². The zero-order valence-corrected chi connectivity index (χ0v) is 18.7. The molecule has 164 valence electrons. The molecule has 0 radical (unpaired) electrons. The van der Waals surface area contributed by atoms with Gasteiger partial charge in [-0.3, -0.25) is 0 Å². The average Bonchev–Trinajstić information content (AvgIpc) is 2.75.